The number of hydrogen-bond acceptors (Lipinski definition) is 3. The van der Waals surface area contributed by atoms with Crippen molar-refractivity contribution in [1.29, 1.82) is 0 Å². The van der Waals surface area contributed by atoms with E-state index >= 15 is 0 Å². The molecule has 0 radical (unpaired) electrons. The highest BCUT2D eigenvalue weighted by Gasteiger charge is 2.26. The third-order valence-electron chi connectivity index (χ3n) is 4.47. The molecule has 0 heterocycles. The molecule has 132 valence electrons. The molecule has 22 heavy (non-hydrogen) atoms. The molecule has 0 aromatic carbocycles. The van der Waals surface area contributed by atoms with Crippen molar-refractivity contribution in [2.45, 2.75) is 65.2 Å². The van der Waals surface area contributed by atoms with Crippen LogP contribution >= 0.6 is 0 Å². The van der Waals surface area contributed by atoms with Crippen LogP contribution in [-0.2, 0) is 4.79 Å². The molecule has 0 aliphatic heterocycles. The van der Waals surface area contributed by atoms with Gasteiger partial charge in [-0.3, -0.25) is 4.79 Å². The molecule has 2 atom stereocenters. The van der Waals surface area contributed by atoms with Gasteiger partial charge in [0.15, 0.2) is 0 Å². The number of carbonyl (C=O) groups excluding carboxylic acids is 1. The Morgan fingerprint density at radius 1 is 0.727 bits per heavy atom. The van der Waals surface area contributed by atoms with Crippen LogP contribution in [0.15, 0.2) is 0 Å². The smallest absolute Gasteiger partial charge is 0.139 e. The van der Waals surface area contributed by atoms with Gasteiger partial charge in [0.2, 0.25) is 0 Å². The number of carbonyl (C=O) groups is 1. The molecular formula is C19H40N2O. The summed E-state index contributed by atoms with van der Waals surface area (Å²) in [5, 5.41) is 0. The fourth-order valence-electron chi connectivity index (χ4n) is 2.92. The van der Waals surface area contributed by atoms with Gasteiger partial charge in [0.25, 0.3) is 0 Å². The molecule has 3 heteroatoms. The molecule has 0 aliphatic rings. The standard InChI is InChI=1S/C19H40N2O/c1-7-9-11-17(13-15-20(3)4)19(22)18(12-10-8-2)14-16-21(5)6/h17-18H,7-16H2,1-6H3. The van der Waals surface area contributed by atoms with E-state index < -0.39 is 0 Å². The second-order valence-electron chi connectivity index (χ2n) is 7.26. The minimum Gasteiger partial charge on any atom is -0.309 e. The van der Waals surface area contributed by atoms with Crippen LogP contribution in [0.25, 0.3) is 0 Å². The lowest BCUT2D eigenvalue weighted by molar-refractivity contribution is -0.128. The first-order valence-corrected chi connectivity index (χ1v) is 9.25. The minimum absolute atomic E-state index is 0.270. The van der Waals surface area contributed by atoms with Crippen LogP contribution in [-0.4, -0.2) is 56.9 Å². The van der Waals surface area contributed by atoms with Crippen LogP contribution in [0.4, 0.5) is 0 Å². The molecule has 0 aliphatic carbocycles. The zero-order valence-electron chi connectivity index (χ0n) is 16.0. The average molecular weight is 313 g/mol. The van der Waals surface area contributed by atoms with Crippen molar-refractivity contribution >= 4 is 5.78 Å². The Hall–Kier alpha value is -0.410. The maximum atomic E-state index is 13.0. The summed E-state index contributed by atoms with van der Waals surface area (Å²) in [7, 11) is 8.40. The molecule has 0 amide bonds. The number of Topliss-reactive ketones (excluding diaryl/α,β-unsaturated/α-hetero) is 1. The summed E-state index contributed by atoms with van der Waals surface area (Å²) >= 11 is 0. The third kappa shape index (κ3) is 10.3. The van der Waals surface area contributed by atoms with Crippen molar-refractivity contribution < 1.29 is 4.79 Å². The van der Waals surface area contributed by atoms with Crippen LogP contribution in [0.1, 0.15) is 65.2 Å². The lowest BCUT2D eigenvalue weighted by atomic mass is 9.82. The van der Waals surface area contributed by atoms with Gasteiger partial charge in [-0.1, -0.05) is 39.5 Å². The molecular weight excluding hydrogens is 272 g/mol. The van der Waals surface area contributed by atoms with Gasteiger partial charge >= 0.3 is 0 Å². The predicted octanol–water partition coefficient (Wildman–Crippen LogP) is 4.07. The Balaban J connectivity index is 4.72. The Kier molecular flexibility index (Phi) is 12.8. The van der Waals surface area contributed by atoms with Crippen LogP contribution in [0.2, 0.25) is 0 Å². The van der Waals surface area contributed by atoms with Crippen molar-refractivity contribution in [3.8, 4) is 0 Å². The summed E-state index contributed by atoms with van der Waals surface area (Å²) in [6.45, 7) is 6.48. The van der Waals surface area contributed by atoms with Gasteiger partial charge in [-0.25, -0.2) is 0 Å². The summed E-state index contributed by atoms with van der Waals surface area (Å²) in [4.78, 5) is 17.4. The SMILES string of the molecule is CCCCC(CCN(C)C)C(=O)C(CCCC)CCN(C)C. The zero-order chi connectivity index (χ0) is 17.0. The monoisotopic (exact) mass is 312 g/mol. The quantitative estimate of drug-likeness (QED) is 0.483. The maximum absolute atomic E-state index is 13.0. The Labute approximate surface area is 139 Å². The number of rotatable bonds is 14. The highest BCUT2D eigenvalue weighted by Crippen LogP contribution is 2.24. The lowest BCUT2D eigenvalue weighted by Gasteiger charge is -2.25. The van der Waals surface area contributed by atoms with Crippen molar-refractivity contribution in [3.05, 3.63) is 0 Å². The van der Waals surface area contributed by atoms with Gasteiger partial charge in [0.1, 0.15) is 5.78 Å². The molecule has 0 saturated carbocycles. The topological polar surface area (TPSA) is 23.6 Å². The van der Waals surface area contributed by atoms with E-state index in [0.717, 1.165) is 38.8 Å². The van der Waals surface area contributed by atoms with Crippen molar-refractivity contribution in [3.63, 3.8) is 0 Å². The van der Waals surface area contributed by atoms with Gasteiger partial charge in [-0.15, -0.1) is 0 Å². The Bertz CT molecular complexity index is 251. The van der Waals surface area contributed by atoms with Gasteiger partial charge in [0.05, 0.1) is 0 Å². The van der Waals surface area contributed by atoms with Crippen LogP contribution in [0.5, 0.6) is 0 Å². The Morgan fingerprint density at radius 3 is 1.36 bits per heavy atom. The molecule has 0 aromatic heterocycles. The molecule has 0 N–H and O–H groups in total. The third-order valence-corrected chi connectivity index (χ3v) is 4.47. The molecule has 2 unspecified atom stereocenters. The first-order chi connectivity index (χ1) is 10.4. The number of unbranched alkanes of at least 4 members (excludes halogenated alkanes) is 2. The van der Waals surface area contributed by atoms with E-state index in [9.17, 15) is 4.79 Å². The van der Waals surface area contributed by atoms with E-state index in [2.05, 4.69) is 51.8 Å². The zero-order valence-corrected chi connectivity index (χ0v) is 16.0. The summed E-state index contributed by atoms with van der Waals surface area (Å²) in [5.74, 6) is 1.09. The largest absolute Gasteiger partial charge is 0.309 e. The first-order valence-electron chi connectivity index (χ1n) is 9.25. The number of nitrogens with zero attached hydrogens (tertiary/aromatic N) is 2. The predicted molar refractivity (Wildman–Crippen MR) is 97.4 cm³/mol. The van der Waals surface area contributed by atoms with E-state index in [1.54, 1.807) is 0 Å². The first kappa shape index (κ1) is 21.6. The molecule has 3 nitrogen and oxygen atoms in total. The summed E-state index contributed by atoms with van der Waals surface area (Å²) in [6, 6.07) is 0. The number of hydrogen-bond donors (Lipinski definition) is 0. The molecule has 0 rings (SSSR count). The summed E-state index contributed by atoms with van der Waals surface area (Å²) in [6.07, 6.45) is 8.93. The van der Waals surface area contributed by atoms with E-state index in [4.69, 9.17) is 0 Å². The minimum atomic E-state index is 0.270. The fourth-order valence-corrected chi connectivity index (χ4v) is 2.92. The number of ketones is 1. The molecule has 0 fully saturated rings. The molecule has 0 bridgehead atoms. The fraction of sp³-hybridized carbons (Fsp3) is 0.947. The Morgan fingerprint density at radius 2 is 1.09 bits per heavy atom. The van der Waals surface area contributed by atoms with E-state index in [-0.39, 0.29) is 11.8 Å². The lowest BCUT2D eigenvalue weighted by Crippen LogP contribution is -2.29. The average Bonchev–Trinajstić information content (AvgIpc) is 2.46. The van der Waals surface area contributed by atoms with E-state index in [0.29, 0.717) is 5.78 Å². The van der Waals surface area contributed by atoms with Gasteiger partial charge in [-0.2, -0.15) is 0 Å². The normalized spacial score (nSPS) is 14.5. The highest BCUT2D eigenvalue weighted by atomic mass is 16.1. The second kappa shape index (κ2) is 13.1. The van der Waals surface area contributed by atoms with Crippen LogP contribution in [0, 0.1) is 11.8 Å². The van der Waals surface area contributed by atoms with Crippen molar-refractivity contribution in [2.75, 3.05) is 41.3 Å². The highest BCUT2D eigenvalue weighted by molar-refractivity contribution is 5.83. The van der Waals surface area contributed by atoms with Gasteiger partial charge in [-0.05, 0) is 67.0 Å². The van der Waals surface area contributed by atoms with Gasteiger partial charge in [0, 0.05) is 11.8 Å². The maximum Gasteiger partial charge on any atom is 0.139 e. The van der Waals surface area contributed by atoms with Crippen LogP contribution < -0.4 is 0 Å². The van der Waals surface area contributed by atoms with Crippen molar-refractivity contribution in [1.82, 2.24) is 9.80 Å². The molecule has 0 saturated heterocycles. The second-order valence-corrected chi connectivity index (χ2v) is 7.26. The van der Waals surface area contributed by atoms with Gasteiger partial charge < -0.3 is 9.80 Å². The summed E-state index contributed by atoms with van der Waals surface area (Å²) < 4.78 is 0. The van der Waals surface area contributed by atoms with E-state index in [1.807, 2.05) is 0 Å². The van der Waals surface area contributed by atoms with Crippen molar-refractivity contribution in [2.24, 2.45) is 11.8 Å². The summed E-state index contributed by atoms with van der Waals surface area (Å²) in [5.41, 5.74) is 0. The molecule has 0 aromatic rings. The molecule has 0 spiro atoms. The van der Waals surface area contributed by atoms with E-state index in [1.165, 1.54) is 25.7 Å². The van der Waals surface area contributed by atoms with Crippen LogP contribution in [0.3, 0.4) is 0 Å².